The summed E-state index contributed by atoms with van der Waals surface area (Å²) < 4.78 is 5.40. The lowest BCUT2D eigenvalue weighted by Crippen LogP contribution is -2.22. The molecule has 2 nitrogen and oxygen atoms in total. The Morgan fingerprint density at radius 1 is 1.29 bits per heavy atom. The number of hydrogen-bond acceptors (Lipinski definition) is 2. The van der Waals surface area contributed by atoms with E-state index in [1.807, 2.05) is 38.1 Å². The van der Waals surface area contributed by atoms with Crippen molar-refractivity contribution < 1.29 is 9.84 Å². The molecular weight excluding hydrogens is 176 g/mol. The molecule has 0 bridgehead atoms. The van der Waals surface area contributed by atoms with Crippen LogP contribution in [0.25, 0.3) is 0 Å². The van der Waals surface area contributed by atoms with Gasteiger partial charge in [-0.15, -0.1) is 0 Å². The van der Waals surface area contributed by atoms with Crippen LogP contribution in [0.1, 0.15) is 38.0 Å². The van der Waals surface area contributed by atoms with Gasteiger partial charge in [-0.1, -0.05) is 24.3 Å². The Bertz CT molecular complexity index is 303. The van der Waals surface area contributed by atoms with Crippen LogP contribution in [-0.4, -0.2) is 12.2 Å². The Hall–Kier alpha value is -0.860. The topological polar surface area (TPSA) is 29.5 Å². The van der Waals surface area contributed by atoms with Crippen molar-refractivity contribution in [3.8, 4) is 0 Å². The minimum absolute atomic E-state index is 0.354. The van der Waals surface area contributed by atoms with Crippen molar-refractivity contribution in [3.63, 3.8) is 0 Å². The van der Waals surface area contributed by atoms with E-state index in [0.29, 0.717) is 0 Å². The standard InChI is InChI=1S/C12H18O2/c1-9(13)10-7-5-6-8-11(10)12(2,3)14-4/h5-9,13H,1-4H3. The highest BCUT2D eigenvalue weighted by Crippen LogP contribution is 2.30. The number of aliphatic hydroxyl groups is 1. The summed E-state index contributed by atoms with van der Waals surface area (Å²) >= 11 is 0. The lowest BCUT2D eigenvalue weighted by Gasteiger charge is -2.27. The van der Waals surface area contributed by atoms with Gasteiger partial charge in [0, 0.05) is 7.11 Å². The first kappa shape index (κ1) is 11.2. The van der Waals surface area contributed by atoms with Gasteiger partial charge in [0.2, 0.25) is 0 Å². The molecule has 0 heterocycles. The van der Waals surface area contributed by atoms with E-state index in [0.717, 1.165) is 11.1 Å². The average molecular weight is 194 g/mol. The van der Waals surface area contributed by atoms with Crippen LogP contribution in [0.5, 0.6) is 0 Å². The highest BCUT2D eigenvalue weighted by atomic mass is 16.5. The van der Waals surface area contributed by atoms with Gasteiger partial charge in [0.1, 0.15) is 0 Å². The molecule has 14 heavy (non-hydrogen) atoms. The second-order valence-corrected chi connectivity index (χ2v) is 3.98. The van der Waals surface area contributed by atoms with Gasteiger partial charge in [0.15, 0.2) is 0 Å². The van der Waals surface area contributed by atoms with E-state index in [4.69, 9.17) is 4.74 Å². The normalized spacial score (nSPS) is 14.1. The zero-order valence-corrected chi connectivity index (χ0v) is 9.24. The molecule has 78 valence electrons. The zero-order chi connectivity index (χ0) is 10.8. The monoisotopic (exact) mass is 194 g/mol. The second-order valence-electron chi connectivity index (χ2n) is 3.98. The molecular formula is C12H18O2. The largest absolute Gasteiger partial charge is 0.389 e. The van der Waals surface area contributed by atoms with E-state index in [1.165, 1.54) is 0 Å². The summed E-state index contributed by atoms with van der Waals surface area (Å²) in [4.78, 5) is 0. The lowest BCUT2D eigenvalue weighted by molar-refractivity contribution is 0.0165. The first-order valence-electron chi connectivity index (χ1n) is 4.81. The van der Waals surface area contributed by atoms with E-state index >= 15 is 0 Å². The molecule has 0 saturated heterocycles. The maximum absolute atomic E-state index is 9.61. The summed E-state index contributed by atoms with van der Waals surface area (Å²) in [5.41, 5.74) is 1.62. The molecule has 1 aromatic carbocycles. The van der Waals surface area contributed by atoms with Gasteiger partial charge < -0.3 is 9.84 Å². The molecule has 0 aliphatic rings. The van der Waals surface area contributed by atoms with Gasteiger partial charge in [-0.25, -0.2) is 0 Å². The molecule has 0 radical (unpaired) electrons. The highest BCUT2D eigenvalue weighted by Gasteiger charge is 2.23. The Balaban J connectivity index is 3.20. The molecule has 1 unspecified atom stereocenters. The Morgan fingerprint density at radius 3 is 2.36 bits per heavy atom. The van der Waals surface area contributed by atoms with Crippen molar-refractivity contribution in [1.82, 2.24) is 0 Å². The number of rotatable bonds is 3. The molecule has 0 spiro atoms. The summed E-state index contributed by atoms with van der Waals surface area (Å²) in [5.74, 6) is 0. The molecule has 0 aromatic heterocycles. The first-order chi connectivity index (χ1) is 6.49. The fraction of sp³-hybridized carbons (Fsp3) is 0.500. The zero-order valence-electron chi connectivity index (χ0n) is 9.24. The molecule has 1 atom stereocenters. The summed E-state index contributed by atoms with van der Waals surface area (Å²) in [7, 11) is 1.68. The maximum atomic E-state index is 9.61. The van der Waals surface area contributed by atoms with Crippen LogP contribution in [0.3, 0.4) is 0 Å². The highest BCUT2D eigenvalue weighted by molar-refractivity contribution is 5.33. The van der Waals surface area contributed by atoms with Crippen molar-refractivity contribution in [2.45, 2.75) is 32.5 Å². The third kappa shape index (κ3) is 2.14. The fourth-order valence-corrected chi connectivity index (χ4v) is 1.52. The van der Waals surface area contributed by atoms with Crippen LogP contribution in [0.2, 0.25) is 0 Å². The van der Waals surface area contributed by atoms with Crippen LogP contribution in [0.4, 0.5) is 0 Å². The van der Waals surface area contributed by atoms with E-state index in [9.17, 15) is 5.11 Å². The van der Waals surface area contributed by atoms with Crippen molar-refractivity contribution in [1.29, 1.82) is 0 Å². The van der Waals surface area contributed by atoms with E-state index in [-0.39, 0.29) is 5.60 Å². The minimum atomic E-state index is -0.458. The lowest BCUT2D eigenvalue weighted by atomic mass is 9.91. The van der Waals surface area contributed by atoms with Gasteiger partial charge in [-0.2, -0.15) is 0 Å². The predicted molar refractivity (Wildman–Crippen MR) is 57.1 cm³/mol. The molecule has 0 saturated carbocycles. The number of hydrogen-bond donors (Lipinski definition) is 1. The molecule has 1 aromatic rings. The Kier molecular flexibility index (Phi) is 3.29. The summed E-state index contributed by atoms with van der Waals surface area (Å²) in [6.45, 7) is 5.76. The first-order valence-corrected chi connectivity index (χ1v) is 4.81. The smallest absolute Gasteiger partial charge is 0.0875 e. The van der Waals surface area contributed by atoms with E-state index in [2.05, 4.69) is 0 Å². The SMILES string of the molecule is COC(C)(C)c1ccccc1C(C)O. The van der Waals surface area contributed by atoms with Gasteiger partial charge in [-0.3, -0.25) is 0 Å². The van der Waals surface area contributed by atoms with Crippen LogP contribution >= 0.6 is 0 Å². The molecule has 1 rings (SSSR count). The van der Waals surface area contributed by atoms with Crippen molar-refractivity contribution >= 4 is 0 Å². The Labute approximate surface area is 85.5 Å². The van der Waals surface area contributed by atoms with Crippen molar-refractivity contribution in [2.75, 3.05) is 7.11 Å². The van der Waals surface area contributed by atoms with Gasteiger partial charge in [0.05, 0.1) is 11.7 Å². The summed E-state index contributed by atoms with van der Waals surface area (Å²) in [6.07, 6.45) is -0.458. The second kappa shape index (κ2) is 4.11. The molecule has 0 aliphatic carbocycles. The van der Waals surface area contributed by atoms with E-state index in [1.54, 1.807) is 14.0 Å². The fourth-order valence-electron chi connectivity index (χ4n) is 1.52. The molecule has 1 N–H and O–H groups in total. The molecule has 0 fully saturated rings. The number of ether oxygens (including phenoxy) is 1. The summed E-state index contributed by atoms with van der Waals surface area (Å²) in [5, 5.41) is 9.61. The van der Waals surface area contributed by atoms with Gasteiger partial charge in [-0.05, 0) is 31.9 Å². The van der Waals surface area contributed by atoms with Gasteiger partial charge in [0.25, 0.3) is 0 Å². The van der Waals surface area contributed by atoms with Gasteiger partial charge >= 0.3 is 0 Å². The van der Waals surface area contributed by atoms with Crippen LogP contribution in [-0.2, 0) is 10.3 Å². The van der Waals surface area contributed by atoms with Crippen molar-refractivity contribution in [2.24, 2.45) is 0 Å². The Morgan fingerprint density at radius 2 is 1.86 bits per heavy atom. The van der Waals surface area contributed by atoms with Crippen LogP contribution in [0, 0.1) is 0 Å². The third-order valence-electron chi connectivity index (χ3n) is 2.57. The predicted octanol–water partition coefficient (Wildman–Crippen LogP) is 2.62. The van der Waals surface area contributed by atoms with Crippen molar-refractivity contribution in [3.05, 3.63) is 35.4 Å². The van der Waals surface area contributed by atoms with Crippen LogP contribution < -0.4 is 0 Å². The number of methoxy groups -OCH3 is 1. The van der Waals surface area contributed by atoms with Crippen LogP contribution in [0.15, 0.2) is 24.3 Å². The summed E-state index contributed by atoms with van der Waals surface area (Å²) in [6, 6.07) is 7.81. The molecule has 0 amide bonds. The third-order valence-corrected chi connectivity index (χ3v) is 2.57. The minimum Gasteiger partial charge on any atom is -0.389 e. The van der Waals surface area contributed by atoms with E-state index < -0.39 is 6.10 Å². The number of aliphatic hydroxyl groups excluding tert-OH is 1. The molecule has 2 heteroatoms. The molecule has 0 aliphatic heterocycles. The number of benzene rings is 1. The maximum Gasteiger partial charge on any atom is 0.0875 e. The average Bonchev–Trinajstić information content (AvgIpc) is 2.18. The quantitative estimate of drug-likeness (QED) is 0.801.